The molecule has 2 heteroatoms. The second-order valence-electron chi connectivity index (χ2n) is 4.04. The maximum Gasteiger partial charge on any atom is 0.127 e. The molecule has 0 aromatic heterocycles. The van der Waals surface area contributed by atoms with E-state index in [9.17, 15) is 4.39 Å². The standard InChI is InChI=1S/C14H12FN/c15-13-7-3-1-5-10(13)12-9-16-14-8-4-2-6-11(12)14/h1-8,12,16H,9H2. The fraction of sp³-hybridized carbons (Fsp3) is 0.143. The van der Waals surface area contributed by atoms with E-state index in [1.54, 1.807) is 6.07 Å². The van der Waals surface area contributed by atoms with Crippen molar-refractivity contribution in [1.29, 1.82) is 0 Å². The average molecular weight is 213 g/mol. The van der Waals surface area contributed by atoms with Gasteiger partial charge in [0.15, 0.2) is 0 Å². The van der Waals surface area contributed by atoms with Crippen LogP contribution in [0.3, 0.4) is 0 Å². The molecule has 0 saturated heterocycles. The zero-order chi connectivity index (χ0) is 11.0. The second-order valence-corrected chi connectivity index (χ2v) is 4.04. The number of para-hydroxylation sites is 1. The van der Waals surface area contributed by atoms with Crippen LogP contribution in [-0.2, 0) is 0 Å². The van der Waals surface area contributed by atoms with Crippen molar-refractivity contribution in [3.05, 3.63) is 65.5 Å². The van der Waals surface area contributed by atoms with Gasteiger partial charge in [0.2, 0.25) is 0 Å². The molecule has 1 N–H and O–H groups in total. The minimum atomic E-state index is -0.119. The maximum absolute atomic E-state index is 13.7. The molecule has 80 valence electrons. The predicted molar refractivity (Wildman–Crippen MR) is 63.2 cm³/mol. The van der Waals surface area contributed by atoms with Crippen LogP contribution < -0.4 is 5.32 Å². The van der Waals surface area contributed by atoms with Gasteiger partial charge in [-0.05, 0) is 23.3 Å². The fourth-order valence-electron chi connectivity index (χ4n) is 2.32. The summed E-state index contributed by atoms with van der Waals surface area (Å²) >= 11 is 0. The molecule has 1 unspecified atom stereocenters. The molecule has 0 radical (unpaired) electrons. The number of hydrogen-bond acceptors (Lipinski definition) is 1. The van der Waals surface area contributed by atoms with E-state index in [4.69, 9.17) is 0 Å². The lowest BCUT2D eigenvalue weighted by molar-refractivity contribution is 0.603. The van der Waals surface area contributed by atoms with Gasteiger partial charge in [0, 0.05) is 18.2 Å². The minimum absolute atomic E-state index is 0.119. The van der Waals surface area contributed by atoms with Crippen molar-refractivity contribution >= 4 is 5.69 Å². The molecule has 3 rings (SSSR count). The van der Waals surface area contributed by atoms with Gasteiger partial charge in [-0.2, -0.15) is 0 Å². The molecular weight excluding hydrogens is 201 g/mol. The first-order chi connectivity index (χ1) is 7.86. The summed E-state index contributed by atoms with van der Waals surface area (Å²) in [5, 5.41) is 3.31. The first-order valence-corrected chi connectivity index (χ1v) is 5.43. The Morgan fingerprint density at radius 3 is 2.44 bits per heavy atom. The van der Waals surface area contributed by atoms with E-state index in [0.29, 0.717) is 0 Å². The third kappa shape index (κ3) is 1.38. The molecule has 0 spiro atoms. The van der Waals surface area contributed by atoms with Gasteiger partial charge in [-0.15, -0.1) is 0 Å². The monoisotopic (exact) mass is 213 g/mol. The maximum atomic E-state index is 13.7. The van der Waals surface area contributed by atoms with Gasteiger partial charge in [0.25, 0.3) is 0 Å². The quantitative estimate of drug-likeness (QED) is 0.765. The first kappa shape index (κ1) is 9.40. The Labute approximate surface area is 93.9 Å². The molecule has 1 aliphatic rings. The smallest absolute Gasteiger partial charge is 0.127 e. The van der Waals surface area contributed by atoms with Crippen LogP contribution in [0.5, 0.6) is 0 Å². The summed E-state index contributed by atoms with van der Waals surface area (Å²) in [6.07, 6.45) is 0. The van der Waals surface area contributed by atoms with Crippen molar-refractivity contribution in [3.63, 3.8) is 0 Å². The normalized spacial score (nSPS) is 17.9. The van der Waals surface area contributed by atoms with Crippen molar-refractivity contribution < 1.29 is 4.39 Å². The molecule has 1 atom stereocenters. The Morgan fingerprint density at radius 2 is 1.62 bits per heavy atom. The minimum Gasteiger partial charge on any atom is -0.384 e. The largest absolute Gasteiger partial charge is 0.384 e. The van der Waals surface area contributed by atoms with Gasteiger partial charge in [0.05, 0.1) is 0 Å². The highest BCUT2D eigenvalue weighted by Gasteiger charge is 2.24. The highest BCUT2D eigenvalue weighted by molar-refractivity contribution is 5.60. The summed E-state index contributed by atoms with van der Waals surface area (Å²) in [7, 11) is 0. The second kappa shape index (κ2) is 3.63. The topological polar surface area (TPSA) is 12.0 Å². The average Bonchev–Trinajstić information content (AvgIpc) is 2.74. The molecule has 0 amide bonds. The number of rotatable bonds is 1. The third-order valence-corrected chi connectivity index (χ3v) is 3.11. The number of halogens is 1. The van der Waals surface area contributed by atoms with E-state index in [-0.39, 0.29) is 11.7 Å². The van der Waals surface area contributed by atoms with Crippen molar-refractivity contribution in [1.82, 2.24) is 0 Å². The fourth-order valence-corrected chi connectivity index (χ4v) is 2.32. The van der Waals surface area contributed by atoms with Crippen LogP contribution in [0.2, 0.25) is 0 Å². The van der Waals surface area contributed by atoms with Gasteiger partial charge in [0.1, 0.15) is 5.82 Å². The Balaban J connectivity index is 2.08. The first-order valence-electron chi connectivity index (χ1n) is 5.43. The van der Waals surface area contributed by atoms with Crippen molar-refractivity contribution in [2.24, 2.45) is 0 Å². The van der Waals surface area contributed by atoms with E-state index in [1.165, 1.54) is 11.6 Å². The molecule has 0 fully saturated rings. The van der Waals surface area contributed by atoms with E-state index in [1.807, 2.05) is 30.3 Å². The molecule has 2 aromatic rings. The lowest BCUT2D eigenvalue weighted by Gasteiger charge is -2.11. The highest BCUT2D eigenvalue weighted by atomic mass is 19.1. The Bertz CT molecular complexity index is 522. The Morgan fingerprint density at radius 1 is 0.938 bits per heavy atom. The van der Waals surface area contributed by atoms with E-state index in [2.05, 4.69) is 11.4 Å². The summed E-state index contributed by atoms with van der Waals surface area (Å²) in [6.45, 7) is 0.778. The molecule has 16 heavy (non-hydrogen) atoms. The predicted octanol–water partition coefficient (Wildman–Crippen LogP) is 3.38. The molecule has 1 nitrogen and oxygen atoms in total. The third-order valence-electron chi connectivity index (χ3n) is 3.11. The van der Waals surface area contributed by atoms with Crippen LogP contribution in [0.4, 0.5) is 10.1 Å². The number of nitrogens with one attached hydrogen (secondary N) is 1. The molecule has 2 aromatic carbocycles. The van der Waals surface area contributed by atoms with Crippen molar-refractivity contribution in [2.45, 2.75) is 5.92 Å². The molecule has 0 bridgehead atoms. The number of fused-ring (bicyclic) bond motifs is 1. The Hall–Kier alpha value is -1.83. The van der Waals surface area contributed by atoms with Gasteiger partial charge < -0.3 is 5.32 Å². The molecule has 1 aliphatic heterocycles. The summed E-state index contributed by atoms with van der Waals surface area (Å²) in [4.78, 5) is 0. The lowest BCUT2D eigenvalue weighted by atomic mass is 9.93. The SMILES string of the molecule is Fc1ccccc1C1CNc2ccccc21. The van der Waals surface area contributed by atoms with Crippen LogP contribution in [0.25, 0.3) is 0 Å². The van der Waals surface area contributed by atoms with Gasteiger partial charge in [-0.3, -0.25) is 0 Å². The van der Waals surface area contributed by atoms with Crippen molar-refractivity contribution in [3.8, 4) is 0 Å². The zero-order valence-electron chi connectivity index (χ0n) is 8.78. The van der Waals surface area contributed by atoms with Gasteiger partial charge >= 0.3 is 0 Å². The summed E-state index contributed by atoms with van der Waals surface area (Å²) in [6, 6.07) is 15.1. The molecule has 1 heterocycles. The molecule has 0 saturated carbocycles. The summed E-state index contributed by atoms with van der Waals surface area (Å²) < 4.78 is 13.7. The summed E-state index contributed by atoms with van der Waals surface area (Å²) in [5.74, 6) is 0.0170. The van der Waals surface area contributed by atoms with Crippen LogP contribution in [0.1, 0.15) is 17.0 Å². The van der Waals surface area contributed by atoms with E-state index < -0.39 is 0 Å². The van der Waals surface area contributed by atoms with Crippen LogP contribution in [0, 0.1) is 5.82 Å². The van der Waals surface area contributed by atoms with E-state index >= 15 is 0 Å². The number of anilines is 1. The van der Waals surface area contributed by atoms with Gasteiger partial charge in [-0.25, -0.2) is 4.39 Å². The Kier molecular flexibility index (Phi) is 2.13. The van der Waals surface area contributed by atoms with Crippen LogP contribution in [0.15, 0.2) is 48.5 Å². The van der Waals surface area contributed by atoms with E-state index in [0.717, 1.165) is 17.8 Å². The summed E-state index contributed by atoms with van der Waals surface area (Å²) in [5.41, 5.74) is 3.09. The molecule has 0 aliphatic carbocycles. The van der Waals surface area contributed by atoms with Crippen molar-refractivity contribution in [2.75, 3.05) is 11.9 Å². The lowest BCUT2D eigenvalue weighted by Crippen LogP contribution is -2.05. The highest BCUT2D eigenvalue weighted by Crippen LogP contribution is 2.36. The number of hydrogen-bond donors (Lipinski definition) is 1. The molecular formula is C14H12FN. The zero-order valence-corrected chi connectivity index (χ0v) is 8.78. The van der Waals surface area contributed by atoms with Crippen LogP contribution >= 0.6 is 0 Å². The number of benzene rings is 2. The van der Waals surface area contributed by atoms with Gasteiger partial charge in [-0.1, -0.05) is 36.4 Å². The van der Waals surface area contributed by atoms with Crippen LogP contribution in [-0.4, -0.2) is 6.54 Å².